The summed E-state index contributed by atoms with van der Waals surface area (Å²) in [4.78, 5) is 18.6. The predicted molar refractivity (Wildman–Crippen MR) is 134 cm³/mol. The van der Waals surface area contributed by atoms with Crippen molar-refractivity contribution >= 4 is 40.5 Å². The van der Waals surface area contributed by atoms with E-state index < -0.39 is 17.3 Å². The van der Waals surface area contributed by atoms with Crippen molar-refractivity contribution in [3.63, 3.8) is 0 Å². The van der Waals surface area contributed by atoms with Crippen molar-refractivity contribution in [1.82, 2.24) is 9.66 Å². The molecule has 10 heteroatoms. The first kappa shape index (κ1) is 23.9. The van der Waals surface area contributed by atoms with Crippen molar-refractivity contribution in [3.8, 4) is 11.4 Å². The van der Waals surface area contributed by atoms with E-state index in [9.17, 15) is 18.0 Å². The van der Waals surface area contributed by atoms with Crippen LogP contribution >= 0.6 is 23.4 Å². The lowest BCUT2D eigenvalue weighted by Gasteiger charge is -2.11. The van der Waals surface area contributed by atoms with E-state index in [1.54, 1.807) is 48.5 Å². The van der Waals surface area contributed by atoms with Gasteiger partial charge in [0.05, 0.1) is 22.7 Å². The van der Waals surface area contributed by atoms with Gasteiger partial charge in [-0.15, -0.1) is 0 Å². The fourth-order valence-electron chi connectivity index (χ4n) is 3.44. The lowest BCUT2D eigenvalue weighted by molar-refractivity contribution is -0.137. The van der Waals surface area contributed by atoms with Crippen LogP contribution in [0.1, 0.15) is 11.3 Å². The van der Waals surface area contributed by atoms with Crippen LogP contribution in [-0.2, 0) is 6.18 Å². The average molecular weight is 526 g/mol. The summed E-state index contributed by atoms with van der Waals surface area (Å²) >= 11 is 7.29. The molecule has 0 spiro atoms. The Kier molecular flexibility index (Phi) is 6.42. The van der Waals surface area contributed by atoms with E-state index >= 15 is 0 Å². The van der Waals surface area contributed by atoms with Crippen LogP contribution in [0.2, 0.25) is 5.02 Å². The largest absolute Gasteiger partial charge is 0.448 e. The van der Waals surface area contributed by atoms with E-state index in [1.807, 2.05) is 12.1 Å². The molecule has 5 nitrogen and oxygen atoms in total. The van der Waals surface area contributed by atoms with Crippen molar-refractivity contribution in [2.24, 2.45) is 5.10 Å². The number of para-hydroxylation sites is 1. The summed E-state index contributed by atoms with van der Waals surface area (Å²) in [6.45, 7) is 0. The molecular formula is C26H15ClF3N3O2S. The molecule has 2 aromatic heterocycles. The van der Waals surface area contributed by atoms with Crippen molar-refractivity contribution < 1.29 is 17.6 Å². The molecule has 0 aliphatic carbocycles. The third-order valence-electron chi connectivity index (χ3n) is 5.14. The molecule has 36 heavy (non-hydrogen) atoms. The maximum atomic E-state index is 13.3. The van der Waals surface area contributed by atoms with Gasteiger partial charge in [0.2, 0.25) is 0 Å². The van der Waals surface area contributed by atoms with Crippen molar-refractivity contribution in [3.05, 3.63) is 112 Å². The number of furan rings is 1. The number of fused-ring (bicyclic) bond motifs is 1. The van der Waals surface area contributed by atoms with Crippen LogP contribution in [-0.4, -0.2) is 15.9 Å². The van der Waals surface area contributed by atoms with Gasteiger partial charge < -0.3 is 4.42 Å². The Morgan fingerprint density at radius 1 is 0.972 bits per heavy atom. The van der Waals surface area contributed by atoms with Gasteiger partial charge in [0.1, 0.15) is 5.76 Å². The zero-order valence-corrected chi connectivity index (χ0v) is 19.8. The number of aromatic nitrogens is 2. The van der Waals surface area contributed by atoms with Gasteiger partial charge in [-0.2, -0.15) is 22.9 Å². The summed E-state index contributed by atoms with van der Waals surface area (Å²) in [5.74, 6) is 0.324. The van der Waals surface area contributed by atoms with Crippen LogP contribution in [0.3, 0.4) is 0 Å². The summed E-state index contributed by atoms with van der Waals surface area (Å²) in [5.41, 5.74) is -0.927. The van der Waals surface area contributed by atoms with Gasteiger partial charge in [-0.25, -0.2) is 4.98 Å². The van der Waals surface area contributed by atoms with E-state index in [2.05, 4.69) is 10.1 Å². The Bertz CT molecular complexity index is 1640. The first-order chi connectivity index (χ1) is 17.3. The van der Waals surface area contributed by atoms with Crippen molar-refractivity contribution in [2.75, 3.05) is 0 Å². The molecule has 3 aromatic carbocycles. The average Bonchev–Trinajstić information content (AvgIpc) is 3.31. The molecule has 0 unspecified atom stereocenters. The number of hydrogen-bond donors (Lipinski definition) is 0. The van der Waals surface area contributed by atoms with Crippen LogP contribution in [0.25, 0.3) is 22.3 Å². The third kappa shape index (κ3) is 5.07. The molecule has 2 heterocycles. The van der Waals surface area contributed by atoms with E-state index in [0.29, 0.717) is 21.4 Å². The van der Waals surface area contributed by atoms with Gasteiger partial charge in [0, 0.05) is 15.5 Å². The molecule has 0 aliphatic heterocycles. The quantitative estimate of drug-likeness (QED) is 0.225. The molecule has 0 saturated carbocycles. The highest BCUT2D eigenvalue weighted by Gasteiger charge is 2.31. The van der Waals surface area contributed by atoms with Crippen LogP contribution in [0.15, 0.2) is 109 Å². The minimum Gasteiger partial charge on any atom is -0.448 e. The molecule has 0 N–H and O–H groups in total. The van der Waals surface area contributed by atoms with Gasteiger partial charge >= 0.3 is 6.18 Å². The minimum atomic E-state index is -4.55. The second-order valence-electron chi connectivity index (χ2n) is 7.61. The lowest BCUT2D eigenvalue weighted by atomic mass is 10.1. The fraction of sp³-hybridized carbons (Fsp3) is 0.0385. The summed E-state index contributed by atoms with van der Waals surface area (Å²) in [6.07, 6.45) is -3.23. The van der Waals surface area contributed by atoms with E-state index in [4.69, 9.17) is 16.0 Å². The highest BCUT2D eigenvalue weighted by atomic mass is 35.5. The molecule has 0 fully saturated rings. The Morgan fingerprint density at radius 2 is 1.75 bits per heavy atom. The Balaban J connectivity index is 1.54. The Hall–Kier alpha value is -3.82. The van der Waals surface area contributed by atoms with Crippen molar-refractivity contribution in [2.45, 2.75) is 16.2 Å². The monoisotopic (exact) mass is 525 g/mol. The molecule has 5 rings (SSSR count). The topological polar surface area (TPSA) is 60.4 Å². The predicted octanol–water partition coefficient (Wildman–Crippen LogP) is 7.36. The third-order valence-corrected chi connectivity index (χ3v) is 6.32. The zero-order valence-electron chi connectivity index (χ0n) is 18.2. The standard InChI is InChI=1S/C26H15ClF3N3O2S/c27-18-8-11-20(12-9-18)36-23-13-10-19(35-23)15-31-33-24(16-4-3-5-17(14-16)26(28,29)30)32-22-7-2-1-6-21(22)25(33)34/h1-15H. The summed E-state index contributed by atoms with van der Waals surface area (Å²) in [6, 6.07) is 21.8. The molecule has 0 bridgehead atoms. The van der Waals surface area contributed by atoms with Gasteiger partial charge in [0.25, 0.3) is 5.56 Å². The Labute approximate surface area is 211 Å². The lowest BCUT2D eigenvalue weighted by Crippen LogP contribution is -2.20. The van der Waals surface area contributed by atoms with E-state index in [-0.39, 0.29) is 16.8 Å². The number of nitrogens with zero attached hydrogens (tertiary/aromatic N) is 3. The molecular weight excluding hydrogens is 511 g/mol. The molecule has 0 aliphatic rings. The van der Waals surface area contributed by atoms with E-state index in [1.165, 1.54) is 30.1 Å². The summed E-state index contributed by atoms with van der Waals surface area (Å²) in [5, 5.41) is 5.73. The molecule has 0 atom stereocenters. The minimum absolute atomic E-state index is 0.0247. The summed E-state index contributed by atoms with van der Waals surface area (Å²) in [7, 11) is 0. The second-order valence-corrected chi connectivity index (χ2v) is 9.12. The fourth-order valence-corrected chi connectivity index (χ4v) is 4.35. The number of alkyl halides is 3. The smallest absolute Gasteiger partial charge is 0.416 e. The number of rotatable bonds is 5. The second kappa shape index (κ2) is 9.67. The highest BCUT2D eigenvalue weighted by molar-refractivity contribution is 7.99. The van der Waals surface area contributed by atoms with Gasteiger partial charge in [-0.1, -0.05) is 47.6 Å². The molecule has 0 radical (unpaired) electrons. The summed E-state index contributed by atoms with van der Waals surface area (Å²) < 4.78 is 46.7. The van der Waals surface area contributed by atoms with Crippen LogP contribution in [0, 0.1) is 0 Å². The molecule has 5 aromatic rings. The van der Waals surface area contributed by atoms with Gasteiger partial charge in [-0.3, -0.25) is 4.79 Å². The molecule has 0 amide bonds. The van der Waals surface area contributed by atoms with Gasteiger partial charge in [-0.05, 0) is 60.7 Å². The normalized spacial score (nSPS) is 12.0. The Morgan fingerprint density at radius 3 is 2.53 bits per heavy atom. The number of benzene rings is 3. The number of hydrogen-bond acceptors (Lipinski definition) is 5. The van der Waals surface area contributed by atoms with Gasteiger partial charge in [0.15, 0.2) is 10.9 Å². The highest BCUT2D eigenvalue weighted by Crippen LogP contribution is 2.32. The maximum absolute atomic E-state index is 13.3. The van der Waals surface area contributed by atoms with Crippen LogP contribution in [0.4, 0.5) is 13.2 Å². The SMILES string of the molecule is O=c1c2ccccc2nc(-c2cccc(C(F)(F)F)c2)n1N=Cc1ccc(Sc2ccc(Cl)cc2)o1. The van der Waals surface area contributed by atoms with E-state index in [0.717, 1.165) is 21.7 Å². The molecule has 0 saturated heterocycles. The number of halogens is 4. The first-order valence-corrected chi connectivity index (χ1v) is 11.7. The van der Waals surface area contributed by atoms with Crippen LogP contribution in [0.5, 0.6) is 0 Å². The maximum Gasteiger partial charge on any atom is 0.416 e. The first-order valence-electron chi connectivity index (χ1n) is 10.5. The molecule has 180 valence electrons. The van der Waals surface area contributed by atoms with Crippen LogP contribution < -0.4 is 5.56 Å². The zero-order chi connectivity index (χ0) is 25.3. The van der Waals surface area contributed by atoms with Crippen molar-refractivity contribution in [1.29, 1.82) is 0 Å².